The van der Waals surface area contributed by atoms with E-state index in [-0.39, 0.29) is 0 Å². The highest BCUT2D eigenvalue weighted by Crippen LogP contribution is 2.29. The number of rotatable bonds is 3. The molecule has 2 aromatic rings. The van der Waals surface area contributed by atoms with Crippen LogP contribution in [0.5, 0.6) is 0 Å². The SMILES string of the molecule is CCOC(=O)c1cc2cccnc2n1-c1ccc2cccc-2o1. The van der Waals surface area contributed by atoms with Crippen molar-refractivity contribution < 1.29 is 13.9 Å². The van der Waals surface area contributed by atoms with Crippen molar-refractivity contribution in [1.82, 2.24) is 9.55 Å². The monoisotopic (exact) mass is 306 g/mol. The first kappa shape index (κ1) is 13.6. The van der Waals surface area contributed by atoms with Gasteiger partial charge in [0.05, 0.1) is 6.61 Å². The third-order valence-electron chi connectivity index (χ3n) is 3.69. The highest BCUT2D eigenvalue weighted by atomic mass is 16.5. The molecule has 0 saturated heterocycles. The van der Waals surface area contributed by atoms with Crippen LogP contribution in [-0.2, 0) is 4.74 Å². The minimum atomic E-state index is -0.400. The molecule has 5 heteroatoms. The van der Waals surface area contributed by atoms with Crippen LogP contribution in [-0.4, -0.2) is 22.1 Å². The summed E-state index contributed by atoms with van der Waals surface area (Å²) in [6.45, 7) is 2.09. The predicted octanol–water partition coefficient (Wildman–Crippen LogP) is 3.90. The minimum absolute atomic E-state index is 0.312. The summed E-state index contributed by atoms with van der Waals surface area (Å²) >= 11 is 0. The molecule has 3 heterocycles. The normalized spacial score (nSPS) is 11.2. The first-order valence-electron chi connectivity index (χ1n) is 7.40. The molecule has 1 aliphatic carbocycles. The van der Waals surface area contributed by atoms with Gasteiger partial charge in [0.2, 0.25) is 5.88 Å². The molecule has 0 unspecified atom stereocenters. The summed E-state index contributed by atoms with van der Waals surface area (Å²) in [4.78, 5) is 16.7. The van der Waals surface area contributed by atoms with E-state index in [2.05, 4.69) is 4.98 Å². The number of carbonyl (C=O) groups is 1. The summed E-state index contributed by atoms with van der Waals surface area (Å²) in [5.41, 5.74) is 2.07. The third kappa shape index (κ3) is 2.17. The van der Waals surface area contributed by atoms with Crippen LogP contribution in [0.3, 0.4) is 0 Å². The minimum Gasteiger partial charge on any atom is -0.461 e. The van der Waals surface area contributed by atoms with E-state index < -0.39 is 5.97 Å². The maximum atomic E-state index is 12.3. The Morgan fingerprint density at radius 2 is 2.13 bits per heavy atom. The lowest BCUT2D eigenvalue weighted by Crippen LogP contribution is -2.11. The molecule has 23 heavy (non-hydrogen) atoms. The number of pyridine rings is 1. The van der Waals surface area contributed by atoms with Crippen molar-refractivity contribution in [1.29, 1.82) is 0 Å². The average Bonchev–Trinajstić information content (AvgIpc) is 3.18. The van der Waals surface area contributed by atoms with Gasteiger partial charge < -0.3 is 9.15 Å². The van der Waals surface area contributed by atoms with Gasteiger partial charge in [-0.3, -0.25) is 4.57 Å². The Morgan fingerprint density at radius 1 is 1.22 bits per heavy atom. The van der Waals surface area contributed by atoms with Crippen molar-refractivity contribution in [3.8, 4) is 17.2 Å². The number of esters is 1. The van der Waals surface area contributed by atoms with Crippen LogP contribution >= 0.6 is 0 Å². The van der Waals surface area contributed by atoms with E-state index in [1.54, 1.807) is 23.8 Å². The summed E-state index contributed by atoms with van der Waals surface area (Å²) in [6.07, 6.45) is 1.69. The van der Waals surface area contributed by atoms with Crippen molar-refractivity contribution in [2.45, 2.75) is 6.92 Å². The number of hydrogen-bond donors (Lipinski definition) is 0. The van der Waals surface area contributed by atoms with Crippen molar-refractivity contribution >= 4 is 17.0 Å². The predicted molar refractivity (Wildman–Crippen MR) is 85.9 cm³/mol. The maximum absolute atomic E-state index is 12.3. The lowest BCUT2D eigenvalue weighted by molar-refractivity contribution is 0.0516. The van der Waals surface area contributed by atoms with Crippen LogP contribution < -0.4 is 0 Å². The van der Waals surface area contributed by atoms with E-state index in [0.29, 0.717) is 23.8 Å². The van der Waals surface area contributed by atoms with Crippen LogP contribution in [0.1, 0.15) is 17.4 Å². The van der Waals surface area contributed by atoms with Gasteiger partial charge in [0.25, 0.3) is 0 Å². The van der Waals surface area contributed by atoms with Gasteiger partial charge in [-0.05, 0) is 37.3 Å². The summed E-state index contributed by atoms with van der Waals surface area (Å²) < 4.78 is 12.8. The van der Waals surface area contributed by atoms with E-state index in [4.69, 9.17) is 9.15 Å². The molecule has 0 radical (unpaired) electrons. The Hall–Kier alpha value is -3.08. The van der Waals surface area contributed by atoms with Crippen molar-refractivity contribution in [2.24, 2.45) is 0 Å². The fourth-order valence-corrected chi connectivity index (χ4v) is 2.69. The van der Waals surface area contributed by atoms with E-state index in [1.165, 1.54) is 0 Å². The number of aromatic nitrogens is 2. The van der Waals surface area contributed by atoms with Gasteiger partial charge in [-0.1, -0.05) is 12.1 Å². The van der Waals surface area contributed by atoms with Crippen LogP contribution in [0.25, 0.3) is 28.2 Å². The zero-order valence-corrected chi connectivity index (χ0v) is 12.5. The molecule has 0 amide bonds. The third-order valence-corrected chi connectivity index (χ3v) is 3.69. The largest absolute Gasteiger partial charge is 0.461 e. The van der Waals surface area contributed by atoms with Crippen LogP contribution in [0.15, 0.2) is 59.1 Å². The zero-order valence-electron chi connectivity index (χ0n) is 12.5. The highest BCUT2D eigenvalue weighted by Gasteiger charge is 2.20. The molecule has 4 rings (SSSR count). The lowest BCUT2D eigenvalue weighted by Gasteiger charge is -2.10. The molecular weight excluding hydrogens is 292 g/mol. The second-order valence-electron chi connectivity index (χ2n) is 5.12. The molecule has 1 aliphatic heterocycles. The molecule has 0 fully saturated rings. The second-order valence-corrected chi connectivity index (χ2v) is 5.12. The fraction of sp³-hybridized carbons (Fsp3) is 0.111. The van der Waals surface area contributed by atoms with Crippen LogP contribution in [0.2, 0.25) is 0 Å². The quantitative estimate of drug-likeness (QED) is 0.539. The summed E-state index contributed by atoms with van der Waals surface area (Å²) in [7, 11) is 0. The Balaban J connectivity index is 1.98. The van der Waals surface area contributed by atoms with Gasteiger partial charge >= 0.3 is 5.97 Å². The van der Waals surface area contributed by atoms with Crippen molar-refractivity contribution in [3.63, 3.8) is 0 Å². The Kier molecular flexibility index (Phi) is 3.12. The van der Waals surface area contributed by atoms with Gasteiger partial charge in [0.15, 0.2) is 0 Å². The Bertz CT molecular complexity index is 967. The van der Waals surface area contributed by atoms with Crippen molar-refractivity contribution in [3.05, 3.63) is 60.4 Å². The molecule has 2 aromatic heterocycles. The van der Waals surface area contributed by atoms with Gasteiger partial charge in [-0.25, -0.2) is 9.78 Å². The molecule has 114 valence electrons. The number of ether oxygens (including phenoxy) is 1. The van der Waals surface area contributed by atoms with E-state index >= 15 is 0 Å². The topological polar surface area (TPSA) is 57.3 Å². The van der Waals surface area contributed by atoms with Crippen LogP contribution in [0.4, 0.5) is 0 Å². The molecule has 5 nitrogen and oxygen atoms in total. The molecule has 2 aliphatic rings. The molecule has 0 N–H and O–H groups in total. The molecular formula is C18H14N2O3. The van der Waals surface area contributed by atoms with Crippen molar-refractivity contribution in [2.75, 3.05) is 6.61 Å². The number of fused-ring (bicyclic) bond motifs is 2. The number of nitrogens with zero attached hydrogens (tertiary/aromatic N) is 2. The molecule has 0 atom stereocenters. The molecule has 0 bridgehead atoms. The standard InChI is InChI=1S/C18H14N2O3/c1-2-22-18(21)14-11-13-6-4-10-19-17(13)20(14)16-9-8-12-5-3-7-15(12)23-16/h3-11H,2H2,1H3. The van der Waals surface area contributed by atoms with Gasteiger partial charge in [0, 0.05) is 23.2 Å². The average molecular weight is 306 g/mol. The second kappa shape index (κ2) is 5.28. The van der Waals surface area contributed by atoms with E-state index in [1.807, 2.05) is 42.5 Å². The summed E-state index contributed by atoms with van der Waals surface area (Å²) in [6, 6.07) is 15.1. The van der Waals surface area contributed by atoms with Gasteiger partial charge in [0.1, 0.15) is 17.1 Å². The zero-order chi connectivity index (χ0) is 15.8. The molecule has 0 aromatic carbocycles. The first-order chi connectivity index (χ1) is 11.3. The van der Waals surface area contributed by atoms with E-state index in [0.717, 1.165) is 16.7 Å². The Labute approximate surface area is 132 Å². The van der Waals surface area contributed by atoms with Gasteiger partial charge in [-0.15, -0.1) is 0 Å². The number of hydrogen-bond acceptors (Lipinski definition) is 4. The fourth-order valence-electron chi connectivity index (χ4n) is 2.69. The molecule has 0 spiro atoms. The van der Waals surface area contributed by atoms with Gasteiger partial charge in [-0.2, -0.15) is 0 Å². The Morgan fingerprint density at radius 3 is 3.00 bits per heavy atom. The van der Waals surface area contributed by atoms with E-state index in [9.17, 15) is 4.79 Å². The molecule has 0 saturated carbocycles. The first-order valence-corrected chi connectivity index (χ1v) is 7.40. The van der Waals surface area contributed by atoms with Crippen LogP contribution in [0, 0.1) is 0 Å². The number of carbonyl (C=O) groups excluding carboxylic acids is 1. The highest BCUT2D eigenvalue weighted by molar-refractivity contribution is 5.95. The summed E-state index contributed by atoms with van der Waals surface area (Å²) in [5.74, 6) is 0.888. The smallest absolute Gasteiger partial charge is 0.355 e. The summed E-state index contributed by atoms with van der Waals surface area (Å²) in [5, 5.41) is 0.855. The maximum Gasteiger partial charge on any atom is 0.355 e. The lowest BCUT2D eigenvalue weighted by atomic mass is 10.2.